The van der Waals surface area contributed by atoms with Crippen LogP contribution in [0.15, 0.2) is 255 Å². The molecule has 0 aliphatic rings. The van der Waals surface area contributed by atoms with Gasteiger partial charge in [0.2, 0.25) is 0 Å². The molecule has 0 spiro atoms. The Morgan fingerprint density at radius 1 is 0.284 bits per heavy atom. The first-order chi connectivity index (χ1) is 33.2. The third kappa shape index (κ3) is 7.57. The van der Waals surface area contributed by atoms with E-state index in [0.29, 0.717) is 5.82 Å². The SMILES string of the molecule is c1ccc(-c2cc(-c3ccccc3)cc(-c3cc(-c4ccccc4)nc(-c4cccc(-c5cccc6c5cc(-c5ccccc5)n5nc(-c7ccccc7)c(-c7ccccc7)c65)c4)n3)c2)cc1. The van der Waals surface area contributed by atoms with Gasteiger partial charge in [-0.1, -0.05) is 218 Å². The van der Waals surface area contributed by atoms with Crippen LogP contribution in [-0.2, 0) is 0 Å². The van der Waals surface area contributed by atoms with E-state index in [-0.39, 0.29) is 0 Å². The van der Waals surface area contributed by atoms with Crippen LogP contribution < -0.4 is 0 Å². The summed E-state index contributed by atoms with van der Waals surface area (Å²) in [6.07, 6.45) is 0. The second-order valence-corrected chi connectivity index (χ2v) is 16.8. The average Bonchev–Trinajstić information content (AvgIpc) is 3.83. The van der Waals surface area contributed by atoms with Crippen LogP contribution in [0.1, 0.15) is 0 Å². The van der Waals surface area contributed by atoms with Crippen molar-refractivity contribution in [1.29, 1.82) is 0 Å². The normalized spacial score (nSPS) is 11.3. The van der Waals surface area contributed by atoms with Gasteiger partial charge in [0.1, 0.15) is 5.69 Å². The molecule has 0 amide bonds. The Morgan fingerprint density at radius 3 is 1.33 bits per heavy atom. The van der Waals surface area contributed by atoms with Gasteiger partial charge < -0.3 is 0 Å². The number of pyridine rings is 1. The molecule has 4 nitrogen and oxygen atoms in total. The lowest BCUT2D eigenvalue weighted by Crippen LogP contribution is -1.98. The zero-order chi connectivity index (χ0) is 44.5. The van der Waals surface area contributed by atoms with Crippen LogP contribution in [0.2, 0.25) is 0 Å². The summed E-state index contributed by atoms with van der Waals surface area (Å²) in [7, 11) is 0. The van der Waals surface area contributed by atoms with Crippen molar-refractivity contribution >= 4 is 16.3 Å². The summed E-state index contributed by atoms with van der Waals surface area (Å²) in [6, 6.07) is 89.9. The molecule has 0 bridgehead atoms. The number of rotatable bonds is 9. The fourth-order valence-corrected chi connectivity index (χ4v) is 9.39. The van der Waals surface area contributed by atoms with Crippen molar-refractivity contribution < 1.29 is 0 Å². The van der Waals surface area contributed by atoms with Gasteiger partial charge >= 0.3 is 0 Å². The van der Waals surface area contributed by atoms with E-state index in [1.807, 2.05) is 6.07 Å². The maximum absolute atomic E-state index is 5.45. The van der Waals surface area contributed by atoms with Crippen molar-refractivity contribution in [3.05, 3.63) is 255 Å². The zero-order valence-corrected chi connectivity index (χ0v) is 36.5. The Hall–Kier alpha value is -8.99. The Balaban J connectivity index is 1.07. The fourth-order valence-electron chi connectivity index (χ4n) is 9.39. The van der Waals surface area contributed by atoms with E-state index in [2.05, 4.69) is 253 Å². The second-order valence-electron chi connectivity index (χ2n) is 16.8. The van der Waals surface area contributed by atoms with Crippen LogP contribution in [0.5, 0.6) is 0 Å². The topological polar surface area (TPSA) is 43.1 Å². The Morgan fingerprint density at radius 2 is 0.731 bits per heavy atom. The molecule has 0 saturated carbocycles. The Kier molecular flexibility index (Phi) is 10.2. The summed E-state index contributed by atoms with van der Waals surface area (Å²) in [5.41, 5.74) is 18.9. The summed E-state index contributed by atoms with van der Waals surface area (Å²) < 4.78 is 2.16. The molecular weight excluding hydrogens is 813 g/mol. The predicted molar refractivity (Wildman–Crippen MR) is 277 cm³/mol. The van der Waals surface area contributed by atoms with Gasteiger partial charge in [0.25, 0.3) is 0 Å². The van der Waals surface area contributed by atoms with Crippen LogP contribution in [0, 0.1) is 0 Å². The smallest absolute Gasteiger partial charge is 0.160 e. The van der Waals surface area contributed by atoms with Crippen molar-refractivity contribution in [2.75, 3.05) is 0 Å². The minimum atomic E-state index is 0.659. The highest BCUT2D eigenvalue weighted by molar-refractivity contribution is 6.12. The molecule has 3 heterocycles. The molecule has 0 fully saturated rings. The van der Waals surface area contributed by atoms with E-state index < -0.39 is 0 Å². The molecule has 67 heavy (non-hydrogen) atoms. The minimum Gasteiger partial charge on any atom is -0.231 e. The molecule has 12 aromatic rings. The summed E-state index contributed by atoms with van der Waals surface area (Å²) in [5.74, 6) is 0.659. The molecule has 0 N–H and O–H groups in total. The number of hydrogen-bond donors (Lipinski definition) is 0. The highest BCUT2D eigenvalue weighted by Gasteiger charge is 2.23. The maximum atomic E-state index is 5.45. The van der Waals surface area contributed by atoms with Gasteiger partial charge in [0.05, 0.1) is 22.6 Å². The lowest BCUT2D eigenvalue weighted by molar-refractivity contribution is 0.979. The second kappa shape index (κ2) is 17.2. The predicted octanol–water partition coefficient (Wildman–Crippen LogP) is 16.3. The van der Waals surface area contributed by atoms with Gasteiger partial charge in [-0.2, -0.15) is 5.10 Å². The monoisotopic (exact) mass is 854 g/mol. The maximum Gasteiger partial charge on any atom is 0.160 e. The number of benzene rings is 9. The lowest BCUT2D eigenvalue weighted by Gasteiger charge is -2.15. The van der Waals surface area contributed by atoms with Crippen molar-refractivity contribution in [3.8, 4) is 101 Å². The number of nitrogens with zero attached hydrogens (tertiary/aromatic N) is 4. The van der Waals surface area contributed by atoms with Gasteiger partial charge in [-0.05, 0) is 80.7 Å². The lowest BCUT2D eigenvalue weighted by atomic mass is 9.93. The summed E-state index contributed by atoms with van der Waals surface area (Å²) >= 11 is 0. The quantitative estimate of drug-likeness (QED) is 0.145. The molecule has 0 saturated heterocycles. The molecule has 9 aromatic carbocycles. The van der Waals surface area contributed by atoms with E-state index in [9.17, 15) is 0 Å². The van der Waals surface area contributed by atoms with Gasteiger partial charge in [0, 0.05) is 38.8 Å². The van der Waals surface area contributed by atoms with Crippen LogP contribution in [0.4, 0.5) is 0 Å². The van der Waals surface area contributed by atoms with Crippen molar-refractivity contribution in [2.45, 2.75) is 0 Å². The first kappa shape index (κ1) is 39.6. The van der Waals surface area contributed by atoms with E-state index in [4.69, 9.17) is 15.1 Å². The molecule has 4 heteroatoms. The van der Waals surface area contributed by atoms with Gasteiger partial charge in [-0.3, -0.25) is 0 Å². The highest BCUT2D eigenvalue weighted by Crippen LogP contribution is 2.43. The van der Waals surface area contributed by atoms with E-state index in [1.165, 1.54) is 0 Å². The molecule has 0 aliphatic carbocycles. The summed E-state index contributed by atoms with van der Waals surface area (Å²) in [6.45, 7) is 0. The number of hydrogen-bond acceptors (Lipinski definition) is 3. The fraction of sp³-hybridized carbons (Fsp3) is 0. The standard InChI is InChI=1S/C63H42N4/c1-7-21-43(22-8-1)51-38-52(44-23-9-2-10-24-44)40-53(39-51)58-42-57(45-25-11-3-12-26-45)64-63(65-58)50-34-19-33-49(37-50)54-35-20-36-55-56(54)41-59(46-27-13-4-14-28-46)67-62(55)60(47-29-15-5-16-30-47)61(66-67)48-31-17-6-18-32-48/h1-42H. The van der Waals surface area contributed by atoms with Crippen molar-refractivity contribution in [3.63, 3.8) is 0 Å². The van der Waals surface area contributed by atoms with E-state index >= 15 is 0 Å². The molecule has 3 aromatic heterocycles. The van der Waals surface area contributed by atoms with Crippen molar-refractivity contribution in [1.82, 2.24) is 19.6 Å². The van der Waals surface area contributed by atoms with Crippen LogP contribution in [-0.4, -0.2) is 19.6 Å². The third-order valence-corrected chi connectivity index (χ3v) is 12.6. The summed E-state index contributed by atoms with van der Waals surface area (Å²) in [5, 5.41) is 7.71. The van der Waals surface area contributed by atoms with Gasteiger partial charge in [0.15, 0.2) is 5.82 Å². The molecule has 0 radical (unpaired) electrons. The molecular formula is C63H42N4. The van der Waals surface area contributed by atoms with Crippen LogP contribution >= 0.6 is 0 Å². The molecule has 12 rings (SSSR count). The molecule has 0 aliphatic heterocycles. The number of aromatic nitrogens is 4. The first-order valence-corrected chi connectivity index (χ1v) is 22.7. The number of fused-ring (bicyclic) bond motifs is 3. The largest absolute Gasteiger partial charge is 0.231 e. The van der Waals surface area contributed by atoms with E-state index in [0.717, 1.165) is 111 Å². The van der Waals surface area contributed by atoms with Crippen LogP contribution in [0.3, 0.4) is 0 Å². The van der Waals surface area contributed by atoms with Crippen molar-refractivity contribution in [2.24, 2.45) is 0 Å². The highest BCUT2D eigenvalue weighted by atomic mass is 15.2. The van der Waals surface area contributed by atoms with E-state index in [1.54, 1.807) is 0 Å². The van der Waals surface area contributed by atoms with Gasteiger partial charge in [-0.25, -0.2) is 14.5 Å². The molecule has 0 unspecified atom stereocenters. The van der Waals surface area contributed by atoms with Gasteiger partial charge in [-0.15, -0.1) is 0 Å². The Labute approximate surface area is 389 Å². The minimum absolute atomic E-state index is 0.659. The molecule has 0 atom stereocenters. The molecule has 314 valence electrons. The summed E-state index contributed by atoms with van der Waals surface area (Å²) in [4.78, 5) is 10.7. The Bertz CT molecular complexity index is 3640. The average molecular weight is 855 g/mol. The van der Waals surface area contributed by atoms with Crippen LogP contribution in [0.25, 0.3) is 117 Å². The zero-order valence-electron chi connectivity index (χ0n) is 36.5. The third-order valence-electron chi connectivity index (χ3n) is 12.6. The first-order valence-electron chi connectivity index (χ1n) is 22.7.